The maximum Gasteiger partial charge on any atom is 0.183 e. The molecule has 0 aromatic heterocycles. The first-order valence-electron chi connectivity index (χ1n) is 8.59. The lowest BCUT2D eigenvalue weighted by Gasteiger charge is -2.32. The molecule has 0 radical (unpaired) electrons. The fourth-order valence-electron chi connectivity index (χ4n) is 3.00. The van der Waals surface area contributed by atoms with Crippen molar-refractivity contribution >= 4 is 0 Å². The zero-order valence-electron chi connectivity index (χ0n) is 14.0. The molecule has 1 aromatic carbocycles. The van der Waals surface area contributed by atoms with Gasteiger partial charge in [0.15, 0.2) is 12.6 Å². The average Bonchev–Trinajstić information content (AvgIpc) is 2.63. The summed E-state index contributed by atoms with van der Waals surface area (Å²) in [7, 11) is 0. The summed E-state index contributed by atoms with van der Waals surface area (Å²) < 4.78 is 36.0. The van der Waals surface area contributed by atoms with Crippen LogP contribution in [0, 0.1) is 17.7 Å². The van der Waals surface area contributed by atoms with Gasteiger partial charge in [-0.25, -0.2) is 4.39 Å². The molecular weight excluding hydrogens is 311 g/mol. The lowest BCUT2D eigenvalue weighted by molar-refractivity contribution is -0.217. The van der Waals surface area contributed by atoms with Gasteiger partial charge in [-0.15, -0.1) is 0 Å². The van der Waals surface area contributed by atoms with E-state index in [1.54, 1.807) is 12.1 Å². The van der Waals surface area contributed by atoms with Crippen LogP contribution in [-0.4, -0.2) is 32.7 Å². The minimum absolute atomic E-state index is 0.124. The molecule has 2 heterocycles. The second kappa shape index (κ2) is 8.72. The van der Waals surface area contributed by atoms with Crippen LogP contribution in [0.3, 0.4) is 0 Å². The molecule has 0 saturated carbocycles. The summed E-state index contributed by atoms with van der Waals surface area (Å²) in [6.07, 6.45) is 5.42. The Morgan fingerprint density at radius 2 is 1.62 bits per heavy atom. The van der Waals surface area contributed by atoms with Gasteiger partial charge in [-0.1, -0.05) is 24.3 Å². The molecule has 0 atom stereocenters. The molecule has 24 heavy (non-hydrogen) atoms. The smallest absolute Gasteiger partial charge is 0.183 e. The highest BCUT2D eigenvalue weighted by molar-refractivity contribution is 5.17. The van der Waals surface area contributed by atoms with E-state index in [0.29, 0.717) is 25.0 Å². The highest BCUT2D eigenvalue weighted by Crippen LogP contribution is 2.28. The number of ether oxygens (including phenoxy) is 4. The van der Waals surface area contributed by atoms with Crippen LogP contribution >= 0.6 is 0 Å². The number of allylic oxidation sites excluding steroid dienone is 1. The van der Waals surface area contributed by atoms with Crippen LogP contribution in [0.2, 0.25) is 0 Å². The minimum Gasteiger partial charge on any atom is -0.352 e. The zero-order chi connectivity index (χ0) is 16.8. The molecule has 0 spiro atoms. The molecule has 0 aliphatic carbocycles. The van der Waals surface area contributed by atoms with Crippen molar-refractivity contribution in [2.75, 3.05) is 26.4 Å². The molecule has 0 amide bonds. The molecule has 4 nitrogen and oxygen atoms in total. The molecule has 3 rings (SSSR count). The molecule has 5 heteroatoms. The van der Waals surface area contributed by atoms with Crippen molar-refractivity contribution in [2.24, 2.45) is 11.8 Å². The quantitative estimate of drug-likeness (QED) is 0.766. The van der Waals surface area contributed by atoms with Crippen LogP contribution in [0.5, 0.6) is 0 Å². The van der Waals surface area contributed by atoms with E-state index in [9.17, 15) is 4.39 Å². The van der Waals surface area contributed by atoms with Gasteiger partial charge in [0.1, 0.15) is 5.82 Å². The Morgan fingerprint density at radius 1 is 0.958 bits per heavy atom. The Hall–Kier alpha value is -1.27. The predicted octanol–water partition coefficient (Wildman–Crippen LogP) is 3.83. The molecule has 2 aliphatic heterocycles. The van der Waals surface area contributed by atoms with Crippen LogP contribution in [0.4, 0.5) is 4.39 Å². The van der Waals surface area contributed by atoms with Crippen molar-refractivity contribution in [3.8, 4) is 0 Å². The average molecular weight is 336 g/mol. The van der Waals surface area contributed by atoms with Gasteiger partial charge in [0, 0.05) is 17.4 Å². The van der Waals surface area contributed by atoms with Crippen molar-refractivity contribution < 1.29 is 23.3 Å². The number of hydrogen-bond donors (Lipinski definition) is 0. The van der Waals surface area contributed by atoms with E-state index >= 15 is 0 Å². The monoisotopic (exact) mass is 336 g/mol. The first-order valence-corrected chi connectivity index (χ1v) is 8.59. The van der Waals surface area contributed by atoms with Gasteiger partial charge < -0.3 is 18.9 Å². The van der Waals surface area contributed by atoms with E-state index in [1.807, 2.05) is 13.0 Å². The number of hydrogen-bond acceptors (Lipinski definition) is 4. The van der Waals surface area contributed by atoms with Crippen molar-refractivity contribution in [3.63, 3.8) is 0 Å². The summed E-state index contributed by atoms with van der Waals surface area (Å²) in [5, 5.41) is 0. The van der Waals surface area contributed by atoms with Crippen LogP contribution in [-0.2, 0) is 18.9 Å². The van der Waals surface area contributed by atoms with E-state index in [4.69, 9.17) is 18.9 Å². The van der Waals surface area contributed by atoms with Crippen molar-refractivity contribution in [1.82, 2.24) is 0 Å². The Morgan fingerprint density at radius 3 is 2.25 bits per heavy atom. The van der Waals surface area contributed by atoms with Gasteiger partial charge >= 0.3 is 0 Å². The maximum absolute atomic E-state index is 13.0. The molecule has 2 saturated heterocycles. The lowest BCUT2D eigenvalue weighted by atomic mass is 10.0. The van der Waals surface area contributed by atoms with E-state index in [2.05, 4.69) is 6.08 Å². The van der Waals surface area contributed by atoms with Crippen LogP contribution in [0.1, 0.15) is 31.6 Å². The summed E-state index contributed by atoms with van der Waals surface area (Å²) in [4.78, 5) is 0. The highest BCUT2D eigenvalue weighted by atomic mass is 19.1. The number of halogens is 1. The molecular formula is C19H25FO4. The van der Waals surface area contributed by atoms with Crippen LogP contribution < -0.4 is 0 Å². The normalized spacial score (nSPS) is 31.4. The van der Waals surface area contributed by atoms with Crippen molar-refractivity contribution in [2.45, 2.75) is 32.3 Å². The molecule has 0 bridgehead atoms. The maximum atomic E-state index is 13.0. The zero-order valence-corrected chi connectivity index (χ0v) is 14.0. The fraction of sp³-hybridized carbons (Fsp3) is 0.579. The lowest BCUT2D eigenvalue weighted by Crippen LogP contribution is -2.33. The molecule has 0 unspecified atom stereocenters. The Labute approximate surface area is 142 Å². The Kier molecular flexibility index (Phi) is 6.37. The van der Waals surface area contributed by atoms with Gasteiger partial charge in [0.05, 0.1) is 26.4 Å². The summed E-state index contributed by atoms with van der Waals surface area (Å²) in [6, 6.07) is 6.25. The Bertz CT molecular complexity index is 515. The molecule has 132 valence electrons. The molecule has 2 fully saturated rings. The third-order valence-electron chi connectivity index (χ3n) is 4.38. The van der Waals surface area contributed by atoms with Crippen LogP contribution in [0.15, 0.2) is 36.4 Å². The van der Waals surface area contributed by atoms with Gasteiger partial charge in [-0.3, -0.25) is 0 Å². The largest absolute Gasteiger partial charge is 0.352 e. The van der Waals surface area contributed by atoms with Gasteiger partial charge in [-0.2, -0.15) is 0 Å². The summed E-state index contributed by atoms with van der Waals surface area (Å²) in [5.74, 6) is 0.447. The fourth-order valence-corrected chi connectivity index (χ4v) is 3.00. The molecule has 2 aliphatic rings. The third kappa shape index (κ3) is 4.86. The summed E-state index contributed by atoms with van der Waals surface area (Å²) in [5.41, 5.74) is 0.851. The summed E-state index contributed by atoms with van der Waals surface area (Å²) in [6.45, 7) is 4.72. The first kappa shape index (κ1) is 17.5. The number of rotatable bonds is 5. The van der Waals surface area contributed by atoms with Gasteiger partial charge in [-0.05, 0) is 31.9 Å². The van der Waals surface area contributed by atoms with E-state index in [1.165, 1.54) is 12.1 Å². The van der Waals surface area contributed by atoms with E-state index in [0.717, 1.165) is 31.6 Å². The standard InChI is InChI=1S/C19H25FO4/c1-2-3-14-10-21-18(22-11-14)9-4-15-12-23-19(24-13-15)16-5-7-17(20)8-6-16/h2-3,5-8,14-15,18-19H,4,9-13H2,1H3/b3-2-. The van der Waals surface area contributed by atoms with E-state index < -0.39 is 6.29 Å². The predicted molar refractivity (Wildman–Crippen MR) is 87.8 cm³/mol. The Balaban J connectivity index is 1.36. The second-order valence-corrected chi connectivity index (χ2v) is 6.38. The van der Waals surface area contributed by atoms with Crippen LogP contribution in [0.25, 0.3) is 0 Å². The van der Waals surface area contributed by atoms with Gasteiger partial charge in [0.25, 0.3) is 0 Å². The minimum atomic E-state index is -0.398. The third-order valence-corrected chi connectivity index (χ3v) is 4.38. The molecule has 1 aromatic rings. The topological polar surface area (TPSA) is 36.9 Å². The SMILES string of the molecule is C/C=C\C1COC(CCC2COC(c3ccc(F)cc3)OC2)OC1. The summed E-state index contributed by atoms with van der Waals surface area (Å²) >= 11 is 0. The molecule has 0 N–H and O–H groups in total. The first-order chi connectivity index (χ1) is 11.7. The van der Waals surface area contributed by atoms with E-state index in [-0.39, 0.29) is 12.1 Å². The van der Waals surface area contributed by atoms with Crippen molar-refractivity contribution in [3.05, 3.63) is 47.8 Å². The second-order valence-electron chi connectivity index (χ2n) is 6.38. The van der Waals surface area contributed by atoms with Gasteiger partial charge in [0.2, 0.25) is 0 Å². The van der Waals surface area contributed by atoms with Crippen molar-refractivity contribution in [1.29, 1.82) is 0 Å². The highest BCUT2D eigenvalue weighted by Gasteiger charge is 2.26. The number of benzene rings is 1.